The van der Waals surface area contributed by atoms with E-state index in [1.54, 1.807) is 6.20 Å². The Morgan fingerprint density at radius 1 is 1.08 bits per heavy atom. The van der Waals surface area contributed by atoms with Crippen molar-refractivity contribution in [3.8, 4) is 0 Å². The lowest BCUT2D eigenvalue weighted by Gasteiger charge is -2.39. The van der Waals surface area contributed by atoms with Gasteiger partial charge >= 0.3 is 0 Å². The standard InChI is InChI=1S/C20H25N3O/c1-15-19(12-21-23(15)18-10-6-3-7-11-18)20(24)22-13-17(14-22)16-8-4-2-5-9-16/h2,4-5,8-9,12,17-18H,3,6-7,10-11,13-14H2,1H3. The Morgan fingerprint density at radius 3 is 2.50 bits per heavy atom. The van der Waals surface area contributed by atoms with Gasteiger partial charge in [-0.25, -0.2) is 0 Å². The zero-order valence-corrected chi connectivity index (χ0v) is 14.3. The van der Waals surface area contributed by atoms with E-state index in [1.165, 1.54) is 37.7 Å². The van der Waals surface area contributed by atoms with Crippen LogP contribution in [0.5, 0.6) is 0 Å². The molecule has 2 aliphatic rings. The van der Waals surface area contributed by atoms with Crippen LogP contribution in [0.2, 0.25) is 0 Å². The number of likely N-dealkylation sites (tertiary alicyclic amines) is 1. The molecule has 1 aromatic carbocycles. The van der Waals surface area contributed by atoms with E-state index < -0.39 is 0 Å². The van der Waals surface area contributed by atoms with Gasteiger partial charge in [0, 0.05) is 24.7 Å². The normalized spacial score (nSPS) is 19.3. The van der Waals surface area contributed by atoms with E-state index in [2.05, 4.69) is 34.0 Å². The van der Waals surface area contributed by atoms with Gasteiger partial charge in [-0.3, -0.25) is 9.48 Å². The molecule has 1 aliphatic carbocycles. The Kier molecular flexibility index (Phi) is 4.13. The average molecular weight is 323 g/mol. The first-order valence-electron chi connectivity index (χ1n) is 9.12. The largest absolute Gasteiger partial charge is 0.337 e. The number of nitrogens with zero attached hydrogens (tertiary/aromatic N) is 3. The highest BCUT2D eigenvalue weighted by Crippen LogP contribution is 2.31. The van der Waals surface area contributed by atoms with Gasteiger partial charge in [0.15, 0.2) is 0 Å². The van der Waals surface area contributed by atoms with Crippen molar-refractivity contribution in [1.82, 2.24) is 14.7 Å². The van der Waals surface area contributed by atoms with Crippen LogP contribution in [0.15, 0.2) is 36.5 Å². The summed E-state index contributed by atoms with van der Waals surface area (Å²) < 4.78 is 2.10. The molecule has 1 amide bonds. The molecule has 1 saturated carbocycles. The van der Waals surface area contributed by atoms with Crippen molar-refractivity contribution >= 4 is 5.91 Å². The number of hydrogen-bond donors (Lipinski definition) is 0. The second-order valence-corrected chi connectivity index (χ2v) is 7.20. The third kappa shape index (κ3) is 2.74. The molecule has 1 aromatic heterocycles. The van der Waals surface area contributed by atoms with Gasteiger partial charge in [0.2, 0.25) is 0 Å². The zero-order valence-electron chi connectivity index (χ0n) is 14.3. The van der Waals surface area contributed by atoms with E-state index in [0.29, 0.717) is 12.0 Å². The first-order chi connectivity index (χ1) is 11.7. The topological polar surface area (TPSA) is 38.1 Å². The van der Waals surface area contributed by atoms with Crippen molar-refractivity contribution in [2.45, 2.75) is 51.0 Å². The van der Waals surface area contributed by atoms with Gasteiger partial charge in [0.25, 0.3) is 5.91 Å². The maximum absolute atomic E-state index is 12.8. The summed E-state index contributed by atoms with van der Waals surface area (Å²) in [7, 11) is 0. The van der Waals surface area contributed by atoms with Crippen LogP contribution in [0.25, 0.3) is 0 Å². The van der Waals surface area contributed by atoms with Gasteiger partial charge in [-0.1, -0.05) is 49.6 Å². The van der Waals surface area contributed by atoms with Crippen molar-refractivity contribution in [2.75, 3.05) is 13.1 Å². The minimum absolute atomic E-state index is 0.141. The Bertz CT molecular complexity index is 710. The Balaban J connectivity index is 1.43. The molecule has 0 spiro atoms. The molecule has 24 heavy (non-hydrogen) atoms. The number of benzene rings is 1. The second-order valence-electron chi connectivity index (χ2n) is 7.20. The summed E-state index contributed by atoms with van der Waals surface area (Å²) in [5.41, 5.74) is 3.15. The molecule has 4 heteroatoms. The molecular formula is C20H25N3O. The van der Waals surface area contributed by atoms with Crippen LogP contribution in [0.1, 0.15) is 65.7 Å². The molecule has 4 nitrogen and oxygen atoms in total. The summed E-state index contributed by atoms with van der Waals surface area (Å²) in [6, 6.07) is 11.0. The predicted octanol–water partition coefficient (Wildman–Crippen LogP) is 3.94. The summed E-state index contributed by atoms with van der Waals surface area (Å²) in [5, 5.41) is 4.55. The lowest BCUT2D eigenvalue weighted by molar-refractivity contribution is 0.0601. The van der Waals surface area contributed by atoms with Crippen molar-refractivity contribution in [3.63, 3.8) is 0 Å². The van der Waals surface area contributed by atoms with Gasteiger partial charge in [-0.2, -0.15) is 5.10 Å². The molecule has 126 valence electrons. The molecule has 0 atom stereocenters. The maximum atomic E-state index is 12.8. The Morgan fingerprint density at radius 2 is 1.79 bits per heavy atom. The number of carbonyl (C=O) groups is 1. The summed E-state index contributed by atoms with van der Waals surface area (Å²) >= 11 is 0. The van der Waals surface area contributed by atoms with Gasteiger partial charge in [-0.05, 0) is 25.3 Å². The second kappa shape index (κ2) is 6.42. The van der Waals surface area contributed by atoms with Gasteiger partial charge in [-0.15, -0.1) is 0 Å². The number of carbonyl (C=O) groups excluding carboxylic acids is 1. The minimum Gasteiger partial charge on any atom is -0.337 e. The Hall–Kier alpha value is -2.10. The zero-order chi connectivity index (χ0) is 16.5. The number of rotatable bonds is 3. The molecular weight excluding hydrogens is 298 g/mol. The minimum atomic E-state index is 0.141. The number of amides is 1. The molecule has 0 radical (unpaired) electrons. The summed E-state index contributed by atoms with van der Waals surface area (Å²) in [4.78, 5) is 14.7. The van der Waals surface area contributed by atoms with Crippen LogP contribution in [0.4, 0.5) is 0 Å². The van der Waals surface area contributed by atoms with Crippen molar-refractivity contribution in [2.24, 2.45) is 0 Å². The first-order valence-corrected chi connectivity index (χ1v) is 9.12. The summed E-state index contributed by atoms with van der Waals surface area (Å²) in [6.07, 6.45) is 8.04. The fourth-order valence-corrected chi connectivity index (χ4v) is 4.08. The van der Waals surface area contributed by atoms with E-state index >= 15 is 0 Å². The molecule has 2 fully saturated rings. The summed E-state index contributed by atoms with van der Waals surface area (Å²) in [6.45, 7) is 3.68. The molecule has 0 unspecified atom stereocenters. The van der Waals surface area contributed by atoms with Crippen LogP contribution in [-0.2, 0) is 0 Å². The lowest BCUT2D eigenvalue weighted by atomic mass is 9.91. The van der Waals surface area contributed by atoms with Crippen LogP contribution in [0.3, 0.4) is 0 Å². The summed E-state index contributed by atoms with van der Waals surface area (Å²) in [5.74, 6) is 0.616. The van der Waals surface area contributed by atoms with Crippen LogP contribution < -0.4 is 0 Å². The first kappa shape index (κ1) is 15.4. The van der Waals surface area contributed by atoms with E-state index in [0.717, 1.165) is 24.3 Å². The van der Waals surface area contributed by atoms with Crippen molar-refractivity contribution < 1.29 is 4.79 Å². The number of aromatic nitrogens is 2. The van der Waals surface area contributed by atoms with E-state index in [-0.39, 0.29) is 5.91 Å². The van der Waals surface area contributed by atoms with Gasteiger partial charge in [0.05, 0.1) is 17.8 Å². The van der Waals surface area contributed by atoms with Crippen LogP contribution in [-0.4, -0.2) is 33.7 Å². The number of hydrogen-bond acceptors (Lipinski definition) is 2. The highest BCUT2D eigenvalue weighted by molar-refractivity contribution is 5.95. The van der Waals surface area contributed by atoms with Gasteiger partial charge in [0.1, 0.15) is 0 Å². The quantitative estimate of drug-likeness (QED) is 0.858. The molecule has 1 saturated heterocycles. The van der Waals surface area contributed by atoms with Crippen LogP contribution >= 0.6 is 0 Å². The van der Waals surface area contributed by atoms with E-state index in [1.807, 2.05) is 17.9 Å². The lowest BCUT2D eigenvalue weighted by Crippen LogP contribution is -2.48. The third-order valence-corrected chi connectivity index (χ3v) is 5.64. The van der Waals surface area contributed by atoms with E-state index in [4.69, 9.17) is 0 Å². The van der Waals surface area contributed by atoms with Crippen molar-refractivity contribution in [3.05, 3.63) is 53.3 Å². The highest BCUT2D eigenvalue weighted by Gasteiger charge is 2.34. The molecule has 0 bridgehead atoms. The molecule has 4 rings (SSSR count). The average Bonchev–Trinajstić information content (AvgIpc) is 2.97. The SMILES string of the molecule is Cc1c(C(=O)N2CC(c3ccccc3)C2)cnn1C1CCCCC1. The van der Waals surface area contributed by atoms with Gasteiger partial charge < -0.3 is 4.90 Å². The molecule has 0 N–H and O–H groups in total. The van der Waals surface area contributed by atoms with Crippen molar-refractivity contribution in [1.29, 1.82) is 0 Å². The fourth-order valence-electron chi connectivity index (χ4n) is 4.08. The molecule has 2 aromatic rings. The third-order valence-electron chi connectivity index (χ3n) is 5.64. The monoisotopic (exact) mass is 323 g/mol. The molecule has 1 aliphatic heterocycles. The molecule has 2 heterocycles. The van der Waals surface area contributed by atoms with E-state index in [9.17, 15) is 4.79 Å². The highest BCUT2D eigenvalue weighted by atomic mass is 16.2. The Labute approximate surface area is 143 Å². The smallest absolute Gasteiger partial charge is 0.257 e. The predicted molar refractivity (Wildman–Crippen MR) is 94.2 cm³/mol. The van der Waals surface area contributed by atoms with Crippen LogP contribution in [0, 0.1) is 6.92 Å². The fraction of sp³-hybridized carbons (Fsp3) is 0.500. The maximum Gasteiger partial charge on any atom is 0.257 e.